The van der Waals surface area contributed by atoms with Crippen LogP contribution in [-0.4, -0.2) is 49.7 Å². The number of amides is 1. The van der Waals surface area contributed by atoms with E-state index in [0.717, 1.165) is 34.5 Å². The van der Waals surface area contributed by atoms with Crippen molar-refractivity contribution in [3.05, 3.63) is 131 Å². The minimum Gasteiger partial charge on any atom is -0.465 e. The predicted octanol–water partition coefficient (Wildman–Crippen LogP) is 7.14. The van der Waals surface area contributed by atoms with Gasteiger partial charge in [0.05, 0.1) is 11.0 Å². The predicted molar refractivity (Wildman–Crippen MR) is 172 cm³/mol. The molecule has 8 nitrogen and oxygen atoms in total. The summed E-state index contributed by atoms with van der Waals surface area (Å²) in [6.45, 7) is 4.22. The van der Waals surface area contributed by atoms with E-state index in [0.29, 0.717) is 32.6 Å². The summed E-state index contributed by atoms with van der Waals surface area (Å²) in [5.74, 6) is 1.42. The van der Waals surface area contributed by atoms with Crippen molar-refractivity contribution in [2.45, 2.75) is 44.9 Å². The topological polar surface area (TPSA) is 90.8 Å². The number of fused-ring (bicyclic) bond motifs is 1. The van der Waals surface area contributed by atoms with E-state index in [1.807, 2.05) is 89.5 Å². The second kappa shape index (κ2) is 13.2. The molecule has 1 fully saturated rings. The maximum Gasteiger partial charge on any atom is 0.407 e. The highest BCUT2D eigenvalue weighted by Crippen LogP contribution is 2.36. The van der Waals surface area contributed by atoms with Crippen LogP contribution in [0.2, 0.25) is 0 Å². The maximum absolute atomic E-state index is 13.4. The maximum atomic E-state index is 13.4. The van der Waals surface area contributed by atoms with Gasteiger partial charge in [0.15, 0.2) is 0 Å². The lowest BCUT2D eigenvalue weighted by Gasteiger charge is -2.45. The van der Waals surface area contributed by atoms with Gasteiger partial charge in [0, 0.05) is 44.2 Å². The van der Waals surface area contributed by atoms with E-state index in [4.69, 9.17) is 4.74 Å². The molecule has 2 heterocycles. The molecule has 0 radical (unpaired) electrons. The van der Waals surface area contributed by atoms with Crippen molar-refractivity contribution in [2.75, 3.05) is 13.1 Å². The highest BCUT2D eigenvalue weighted by molar-refractivity contribution is 5.75. The molecule has 1 aliphatic rings. The number of aromatic amines is 1. The Labute approximate surface area is 257 Å². The molecule has 3 unspecified atom stereocenters. The van der Waals surface area contributed by atoms with Crippen LogP contribution in [-0.2, 0) is 13.1 Å². The molecule has 44 heavy (non-hydrogen) atoms. The molecule has 3 atom stereocenters. The number of benzene rings is 4. The zero-order valence-corrected chi connectivity index (χ0v) is 24.9. The Morgan fingerprint density at radius 1 is 0.909 bits per heavy atom. The molecule has 0 bridgehead atoms. The number of nitrogens with zero attached hydrogens (tertiary/aromatic N) is 3. The van der Waals surface area contributed by atoms with Gasteiger partial charge in [-0.1, -0.05) is 79.7 Å². The first kappa shape index (κ1) is 29.3. The monoisotopic (exact) mass is 590 g/mol. The zero-order valence-electron chi connectivity index (χ0n) is 24.9. The molecule has 0 saturated carbocycles. The fourth-order valence-electron chi connectivity index (χ4n) is 6.75. The normalized spacial score (nSPS) is 17.5. The van der Waals surface area contributed by atoms with Crippen molar-refractivity contribution in [2.24, 2.45) is 5.92 Å². The first-order valence-electron chi connectivity index (χ1n) is 15.3. The lowest BCUT2D eigenvalue weighted by atomic mass is 9.83. The number of hydrogen-bond donors (Lipinski definition) is 2. The third-order valence-corrected chi connectivity index (χ3v) is 8.72. The number of likely N-dealkylation sites (tertiary alicyclic amines) is 1. The number of rotatable bonds is 10. The number of aromatic nitrogens is 2. The van der Waals surface area contributed by atoms with Gasteiger partial charge in [0.1, 0.15) is 11.5 Å². The Kier molecular flexibility index (Phi) is 8.79. The highest BCUT2D eigenvalue weighted by Gasteiger charge is 2.40. The lowest BCUT2D eigenvalue weighted by molar-refractivity contribution is 0.0341. The van der Waals surface area contributed by atoms with Gasteiger partial charge in [-0.05, 0) is 60.4 Å². The SMILES string of the molecule is CCC(C1CN(C(=O)O)CCC1n1c(=O)[nH]c2ccccc21)N(Cc1ccccc1)Cc1cccc(Oc2ccccc2)c1. The van der Waals surface area contributed by atoms with Crippen molar-refractivity contribution < 1.29 is 14.6 Å². The number of ether oxygens (including phenoxy) is 1. The molecule has 226 valence electrons. The minimum atomic E-state index is -0.921. The summed E-state index contributed by atoms with van der Waals surface area (Å²) in [6.07, 6.45) is 0.433. The van der Waals surface area contributed by atoms with E-state index in [-0.39, 0.29) is 23.7 Å². The summed E-state index contributed by atoms with van der Waals surface area (Å²) < 4.78 is 8.02. The molecule has 4 aromatic carbocycles. The van der Waals surface area contributed by atoms with E-state index in [1.165, 1.54) is 10.5 Å². The third-order valence-electron chi connectivity index (χ3n) is 8.72. The molecule has 5 aromatic rings. The van der Waals surface area contributed by atoms with E-state index in [9.17, 15) is 14.7 Å². The van der Waals surface area contributed by atoms with Gasteiger partial charge in [-0.3, -0.25) is 9.47 Å². The van der Waals surface area contributed by atoms with Gasteiger partial charge < -0.3 is 19.7 Å². The number of imidazole rings is 1. The summed E-state index contributed by atoms with van der Waals surface area (Å²) in [5.41, 5.74) is 3.77. The van der Waals surface area contributed by atoms with Crippen LogP contribution in [0.1, 0.15) is 36.9 Å². The molecular formula is C36H38N4O4. The second-order valence-electron chi connectivity index (χ2n) is 11.5. The van der Waals surface area contributed by atoms with Gasteiger partial charge in [0.25, 0.3) is 0 Å². The number of hydrogen-bond acceptors (Lipinski definition) is 4. The average molecular weight is 591 g/mol. The van der Waals surface area contributed by atoms with Crippen LogP contribution in [0.3, 0.4) is 0 Å². The second-order valence-corrected chi connectivity index (χ2v) is 11.5. The first-order valence-corrected chi connectivity index (χ1v) is 15.3. The van der Waals surface area contributed by atoms with Crippen molar-refractivity contribution in [1.82, 2.24) is 19.4 Å². The highest BCUT2D eigenvalue weighted by atomic mass is 16.5. The molecule has 1 aliphatic heterocycles. The van der Waals surface area contributed by atoms with Crippen LogP contribution in [0.5, 0.6) is 11.5 Å². The molecule has 2 N–H and O–H groups in total. The third kappa shape index (κ3) is 6.40. The van der Waals surface area contributed by atoms with E-state index >= 15 is 0 Å². The van der Waals surface area contributed by atoms with Crippen molar-refractivity contribution in [3.8, 4) is 11.5 Å². The van der Waals surface area contributed by atoms with Crippen LogP contribution in [0, 0.1) is 5.92 Å². The number of H-pyrrole nitrogens is 1. The van der Waals surface area contributed by atoms with E-state index in [1.54, 1.807) is 0 Å². The average Bonchev–Trinajstić information content (AvgIpc) is 3.38. The van der Waals surface area contributed by atoms with Gasteiger partial charge in [0.2, 0.25) is 0 Å². The Balaban J connectivity index is 1.37. The number of piperidine rings is 1. The smallest absolute Gasteiger partial charge is 0.407 e. The Morgan fingerprint density at radius 3 is 2.32 bits per heavy atom. The molecule has 1 aromatic heterocycles. The number of nitrogens with one attached hydrogen (secondary N) is 1. The quantitative estimate of drug-likeness (QED) is 0.180. The van der Waals surface area contributed by atoms with Crippen LogP contribution in [0.15, 0.2) is 114 Å². The van der Waals surface area contributed by atoms with Gasteiger partial charge in [-0.15, -0.1) is 0 Å². The number of carbonyl (C=O) groups is 1. The van der Waals surface area contributed by atoms with Crippen LogP contribution in [0.4, 0.5) is 4.79 Å². The van der Waals surface area contributed by atoms with Crippen LogP contribution < -0.4 is 10.4 Å². The number of para-hydroxylation sites is 3. The molecule has 1 saturated heterocycles. The Bertz CT molecular complexity index is 1750. The molecule has 1 amide bonds. The van der Waals surface area contributed by atoms with Gasteiger partial charge in [-0.2, -0.15) is 0 Å². The standard InChI is InChI=1S/C36H38N4O4/c1-2-32(30-25-38(36(42)43)21-20-33(30)40-34-19-10-9-18-31(34)37-35(40)41)39(23-26-12-5-3-6-13-26)24-27-14-11-17-29(22-27)44-28-15-7-4-8-16-28/h3-19,22,30,32-33H,2,20-21,23-25H2,1H3,(H,37,41)(H,42,43). The minimum absolute atomic E-state index is 0.0124. The van der Waals surface area contributed by atoms with Crippen molar-refractivity contribution >= 4 is 17.1 Å². The molecule has 0 aliphatic carbocycles. The Hall–Kier alpha value is -4.82. The van der Waals surface area contributed by atoms with Gasteiger partial charge in [-0.25, -0.2) is 9.59 Å². The summed E-state index contributed by atoms with van der Waals surface area (Å²) in [7, 11) is 0. The van der Waals surface area contributed by atoms with E-state index < -0.39 is 6.09 Å². The zero-order chi connectivity index (χ0) is 30.5. The van der Waals surface area contributed by atoms with E-state index in [2.05, 4.69) is 41.1 Å². The summed E-state index contributed by atoms with van der Waals surface area (Å²) in [5, 5.41) is 10.0. The summed E-state index contributed by atoms with van der Waals surface area (Å²) in [4.78, 5) is 32.6. The molecular weight excluding hydrogens is 552 g/mol. The fourth-order valence-corrected chi connectivity index (χ4v) is 6.75. The van der Waals surface area contributed by atoms with Crippen molar-refractivity contribution in [1.29, 1.82) is 0 Å². The van der Waals surface area contributed by atoms with Crippen molar-refractivity contribution in [3.63, 3.8) is 0 Å². The lowest BCUT2D eigenvalue weighted by Crippen LogP contribution is -2.53. The largest absolute Gasteiger partial charge is 0.465 e. The molecule has 6 rings (SSSR count). The fraction of sp³-hybridized carbons (Fsp3) is 0.278. The Morgan fingerprint density at radius 2 is 1.57 bits per heavy atom. The first-order chi connectivity index (χ1) is 21.5. The summed E-state index contributed by atoms with van der Waals surface area (Å²) >= 11 is 0. The molecule has 8 heteroatoms. The van der Waals surface area contributed by atoms with Crippen LogP contribution >= 0.6 is 0 Å². The molecule has 0 spiro atoms. The van der Waals surface area contributed by atoms with Crippen LogP contribution in [0.25, 0.3) is 11.0 Å². The number of carboxylic acid groups (broad SMARTS) is 1. The van der Waals surface area contributed by atoms with Gasteiger partial charge >= 0.3 is 11.8 Å². The summed E-state index contributed by atoms with van der Waals surface area (Å²) in [6, 6.07) is 35.8.